The molecule has 20 heavy (non-hydrogen) atoms. The van der Waals surface area contributed by atoms with Gasteiger partial charge in [-0.2, -0.15) is 18.2 Å². The van der Waals surface area contributed by atoms with Crippen LogP contribution in [0.4, 0.5) is 24.9 Å². The smallest absolute Gasteiger partial charge is 0.376 e. The molecule has 8 heteroatoms. The van der Waals surface area contributed by atoms with Crippen LogP contribution in [0.15, 0.2) is 6.07 Å². The summed E-state index contributed by atoms with van der Waals surface area (Å²) in [6, 6.07) is 0.912. The Hall–Kier alpha value is -1.57. The lowest BCUT2D eigenvalue weighted by Gasteiger charge is -2.14. The first-order valence-electron chi connectivity index (χ1n) is 6.54. The number of hydrogen-bond acceptors (Lipinski definition) is 5. The number of halogens is 3. The predicted molar refractivity (Wildman–Crippen MR) is 68.7 cm³/mol. The van der Waals surface area contributed by atoms with Crippen LogP contribution in [0.25, 0.3) is 0 Å². The van der Waals surface area contributed by atoms with Gasteiger partial charge in [0.2, 0.25) is 5.95 Å². The van der Waals surface area contributed by atoms with Crippen molar-refractivity contribution >= 4 is 11.8 Å². The molecule has 1 aliphatic rings. The molecule has 0 saturated carbocycles. The van der Waals surface area contributed by atoms with E-state index in [1.807, 2.05) is 0 Å². The van der Waals surface area contributed by atoms with Crippen LogP contribution in [0.2, 0.25) is 0 Å². The predicted octanol–water partition coefficient (Wildman–Crippen LogP) is 2.52. The molecule has 0 spiro atoms. The van der Waals surface area contributed by atoms with Gasteiger partial charge in [0.15, 0.2) is 5.69 Å². The quantitative estimate of drug-likeness (QED) is 0.872. The maximum atomic E-state index is 12.8. The number of alkyl halides is 3. The molecular formula is C12H17F3N4O. The summed E-state index contributed by atoms with van der Waals surface area (Å²) in [5.41, 5.74) is -0.960. The lowest BCUT2D eigenvalue weighted by Crippen LogP contribution is -2.20. The highest BCUT2D eigenvalue weighted by Gasteiger charge is 2.33. The minimum atomic E-state index is -4.49. The lowest BCUT2D eigenvalue weighted by atomic mass is 10.2. The van der Waals surface area contributed by atoms with Gasteiger partial charge in [-0.25, -0.2) is 4.98 Å². The third-order valence-electron chi connectivity index (χ3n) is 2.89. The minimum absolute atomic E-state index is 0.0295. The summed E-state index contributed by atoms with van der Waals surface area (Å²) in [6.07, 6.45) is -2.58. The van der Waals surface area contributed by atoms with Gasteiger partial charge in [-0.15, -0.1) is 0 Å². The van der Waals surface area contributed by atoms with Gasteiger partial charge < -0.3 is 15.4 Å². The molecule has 1 aromatic heterocycles. The average molecular weight is 290 g/mol. The first-order chi connectivity index (χ1) is 9.49. The standard InChI is InChI=1S/C12H17F3N4O/c1-2-16-11-18-9(12(13,14)15)6-10(19-11)17-7-8-4-3-5-20-8/h6,8H,2-5,7H2,1H3,(H2,16,17,18,19)/t8-/m1/s1. The number of rotatable bonds is 5. The zero-order valence-corrected chi connectivity index (χ0v) is 11.1. The fourth-order valence-electron chi connectivity index (χ4n) is 1.94. The van der Waals surface area contributed by atoms with Crippen LogP contribution >= 0.6 is 0 Å². The highest BCUT2D eigenvalue weighted by Crippen LogP contribution is 2.29. The van der Waals surface area contributed by atoms with Crippen LogP contribution in [-0.4, -0.2) is 35.8 Å². The number of anilines is 2. The fourth-order valence-corrected chi connectivity index (χ4v) is 1.94. The molecule has 0 unspecified atom stereocenters. The molecule has 1 fully saturated rings. The summed E-state index contributed by atoms with van der Waals surface area (Å²) in [5, 5.41) is 5.58. The van der Waals surface area contributed by atoms with Gasteiger partial charge in [-0.05, 0) is 19.8 Å². The normalized spacial score (nSPS) is 19.1. The van der Waals surface area contributed by atoms with E-state index in [-0.39, 0.29) is 17.9 Å². The van der Waals surface area contributed by atoms with E-state index >= 15 is 0 Å². The molecule has 0 amide bonds. The van der Waals surface area contributed by atoms with E-state index in [1.165, 1.54) is 0 Å². The van der Waals surface area contributed by atoms with E-state index in [9.17, 15) is 13.2 Å². The molecule has 0 aromatic carbocycles. The van der Waals surface area contributed by atoms with Crippen molar-refractivity contribution in [1.82, 2.24) is 9.97 Å². The third-order valence-corrected chi connectivity index (χ3v) is 2.89. The number of aromatic nitrogens is 2. The Kier molecular flexibility index (Phi) is 4.64. The Morgan fingerprint density at radius 2 is 2.15 bits per heavy atom. The van der Waals surface area contributed by atoms with E-state index in [2.05, 4.69) is 20.6 Å². The Morgan fingerprint density at radius 1 is 1.35 bits per heavy atom. The lowest BCUT2D eigenvalue weighted by molar-refractivity contribution is -0.141. The molecule has 0 aliphatic carbocycles. The van der Waals surface area contributed by atoms with Crippen molar-refractivity contribution in [1.29, 1.82) is 0 Å². The zero-order valence-electron chi connectivity index (χ0n) is 11.1. The maximum absolute atomic E-state index is 12.8. The molecule has 1 aromatic rings. The van der Waals surface area contributed by atoms with Crippen LogP contribution in [0.1, 0.15) is 25.5 Å². The number of hydrogen-bond donors (Lipinski definition) is 2. The second-order valence-electron chi connectivity index (χ2n) is 4.51. The van der Waals surface area contributed by atoms with Crippen molar-refractivity contribution in [2.24, 2.45) is 0 Å². The van der Waals surface area contributed by atoms with Crippen molar-refractivity contribution in [2.45, 2.75) is 32.0 Å². The van der Waals surface area contributed by atoms with Crippen molar-refractivity contribution < 1.29 is 17.9 Å². The number of nitrogens with zero attached hydrogens (tertiary/aromatic N) is 2. The van der Waals surface area contributed by atoms with Crippen LogP contribution in [-0.2, 0) is 10.9 Å². The molecule has 1 atom stereocenters. The second kappa shape index (κ2) is 6.25. The Balaban J connectivity index is 2.11. The summed E-state index contributed by atoms with van der Waals surface area (Å²) in [7, 11) is 0. The zero-order chi connectivity index (χ0) is 14.6. The number of nitrogens with one attached hydrogen (secondary N) is 2. The van der Waals surface area contributed by atoms with E-state index < -0.39 is 11.9 Å². The van der Waals surface area contributed by atoms with E-state index in [0.29, 0.717) is 19.7 Å². The topological polar surface area (TPSA) is 59.1 Å². The molecule has 0 bridgehead atoms. The average Bonchev–Trinajstić information content (AvgIpc) is 2.88. The summed E-state index contributed by atoms with van der Waals surface area (Å²) < 4.78 is 43.7. The van der Waals surface area contributed by atoms with E-state index in [1.54, 1.807) is 6.92 Å². The van der Waals surface area contributed by atoms with Gasteiger partial charge in [0.1, 0.15) is 5.82 Å². The summed E-state index contributed by atoms with van der Waals surface area (Å²) in [5.74, 6) is 0.121. The van der Waals surface area contributed by atoms with Crippen LogP contribution in [0.5, 0.6) is 0 Å². The SMILES string of the molecule is CCNc1nc(NC[C@H]2CCCO2)cc(C(F)(F)F)n1. The number of ether oxygens (including phenoxy) is 1. The molecule has 1 saturated heterocycles. The molecule has 0 radical (unpaired) electrons. The second-order valence-corrected chi connectivity index (χ2v) is 4.51. The van der Waals surface area contributed by atoms with Gasteiger partial charge >= 0.3 is 6.18 Å². The van der Waals surface area contributed by atoms with Crippen molar-refractivity contribution in [3.8, 4) is 0 Å². The van der Waals surface area contributed by atoms with Crippen molar-refractivity contribution in [3.05, 3.63) is 11.8 Å². The van der Waals surface area contributed by atoms with Crippen molar-refractivity contribution in [2.75, 3.05) is 30.3 Å². The first kappa shape index (κ1) is 14.8. The molecule has 112 valence electrons. The van der Waals surface area contributed by atoms with Crippen molar-refractivity contribution in [3.63, 3.8) is 0 Å². The molecular weight excluding hydrogens is 273 g/mol. The highest BCUT2D eigenvalue weighted by atomic mass is 19.4. The third kappa shape index (κ3) is 3.96. The van der Waals surface area contributed by atoms with Crippen LogP contribution in [0.3, 0.4) is 0 Å². The summed E-state index contributed by atoms with van der Waals surface area (Å²) >= 11 is 0. The largest absolute Gasteiger partial charge is 0.433 e. The molecule has 1 aliphatic heterocycles. The monoisotopic (exact) mass is 290 g/mol. The Labute approximate surface area is 114 Å². The minimum Gasteiger partial charge on any atom is -0.376 e. The Morgan fingerprint density at radius 3 is 2.75 bits per heavy atom. The van der Waals surface area contributed by atoms with Crippen LogP contribution in [0, 0.1) is 0 Å². The molecule has 5 nitrogen and oxygen atoms in total. The molecule has 2 N–H and O–H groups in total. The molecule has 2 rings (SSSR count). The van der Waals surface area contributed by atoms with E-state index in [4.69, 9.17) is 4.74 Å². The summed E-state index contributed by atoms with van der Waals surface area (Å²) in [4.78, 5) is 7.46. The molecule has 2 heterocycles. The van der Waals surface area contributed by atoms with Gasteiger partial charge in [-0.3, -0.25) is 0 Å². The van der Waals surface area contributed by atoms with Gasteiger partial charge in [0.05, 0.1) is 6.10 Å². The highest BCUT2D eigenvalue weighted by molar-refractivity contribution is 5.43. The van der Waals surface area contributed by atoms with E-state index in [0.717, 1.165) is 18.9 Å². The van der Waals surface area contributed by atoms with Gasteiger partial charge in [-0.1, -0.05) is 0 Å². The summed E-state index contributed by atoms with van der Waals surface area (Å²) in [6.45, 7) is 3.36. The Bertz CT molecular complexity index is 447. The fraction of sp³-hybridized carbons (Fsp3) is 0.667. The maximum Gasteiger partial charge on any atom is 0.433 e. The van der Waals surface area contributed by atoms with Gasteiger partial charge in [0.25, 0.3) is 0 Å². The first-order valence-corrected chi connectivity index (χ1v) is 6.54. The van der Waals surface area contributed by atoms with Gasteiger partial charge in [0, 0.05) is 25.8 Å². The van der Waals surface area contributed by atoms with Crippen LogP contribution < -0.4 is 10.6 Å².